The number of carbonyl (C=O) groups is 1. The van der Waals surface area contributed by atoms with Gasteiger partial charge in [0.15, 0.2) is 0 Å². The quantitative estimate of drug-likeness (QED) is 0.758. The van der Waals surface area contributed by atoms with E-state index in [1.165, 1.54) is 5.56 Å². The summed E-state index contributed by atoms with van der Waals surface area (Å²) in [4.78, 5) is 12.3. The standard InChI is InChI=1S/C19H19N3O3/c1-12(2)13-8-10-14(11-9-13)20-17(23)19-22-21-18(25-19)15-6-4-5-7-16(15)24-3/h4-12H,1-3H3,(H,20,23). The van der Waals surface area contributed by atoms with E-state index >= 15 is 0 Å². The van der Waals surface area contributed by atoms with Gasteiger partial charge in [0.05, 0.1) is 12.7 Å². The van der Waals surface area contributed by atoms with Gasteiger partial charge in [0.25, 0.3) is 5.89 Å². The summed E-state index contributed by atoms with van der Waals surface area (Å²) in [7, 11) is 1.56. The molecule has 6 heteroatoms. The average Bonchev–Trinajstić information content (AvgIpc) is 3.12. The molecule has 1 N–H and O–H groups in total. The maximum atomic E-state index is 12.3. The first-order valence-corrected chi connectivity index (χ1v) is 7.96. The maximum Gasteiger partial charge on any atom is 0.313 e. The van der Waals surface area contributed by atoms with Gasteiger partial charge in [-0.1, -0.05) is 38.1 Å². The molecule has 0 atom stereocenters. The molecule has 0 aliphatic rings. The normalized spacial score (nSPS) is 10.7. The zero-order chi connectivity index (χ0) is 17.8. The number of rotatable bonds is 5. The highest BCUT2D eigenvalue weighted by Crippen LogP contribution is 2.28. The zero-order valence-corrected chi connectivity index (χ0v) is 14.3. The van der Waals surface area contributed by atoms with Crippen molar-refractivity contribution in [3.8, 4) is 17.2 Å². The molecule has 6 nitrogen and oxygen atoms in total. The molecule has 0 saturated heterocycles. The van der Waals surface area contributed by atoms with E-state index in [9.17, 15) is 4.79 Å². The summed E-state index contributed by atoms with van der Waals surface area (Å²) in [6.45, 7) is 4.23. The van der Waals surface area contributed by atoms with Crippen molar-refractivity contribution in [2.45, 2.75) is 19.8 Å². The van der Waals surface area contributed by atoms with Gasteiger partial charge >= 0.3 is 11.8 Å². The van der Waals surface area contributed by atoms with E-state index in [-0.39, 0.29) is 11.8 Å². The third kappa shape index (κ3) is 3.68. The average molecular weight is 337 g/mol. The second kappa shape index (κ2) is 7.17. The molecule has 0 saturated carbocycles. The number of anilines is 1. The van der Waals surface area contributed by atoms with Gasteiger partial charge in [0.2, 0.25) is 0 Å². The van der Waals surface area contributed by atoms with Crippen molar-refractivity contribution in [1.29, 1.82) is 0 Å². The second-order valence-electron chi connectivity index (χ2n) is 5.84. The minimum atomic E-state index is -0.453. The lowest BCUT2D eigenvalue weighted by molar-refractivity contribution is 0.0991. The van der Waals surface area contributed by atoms with Crippen molar-refractivity contribution in [2.75, 3.05) is 12.4 Å². The molecule has 0 fully saturated rings. The Morgan fingerprint density at radius 1 is 1.08 bits per heavy atom. The van der Waals surface area contributed by atoms with Crippen LogP contribution in [0, 0.1) is 0 Å². The van der Waals surface area contributed by atoms with E-state index < -0.39 is 5.91 Å². The molecule has 1 amide bonds. The van der Waals surface area contributed by atoms with E-state index in [0.29, 0.717) is 22.9 Å². The summed E-state index contributed by atoms with van der Waals surface area (Å²) in [6, 6.07) is 14.9. The topological polar surface area (TPSA) is 77.2 Å². The van der Waals surface area contributed by atoms with E-state index in [0.717, 1.165) is 0 Å². The third-order valence-electron chi connectivity index (χ3n) is 3.79. The van der Waals surface area contributed by atoms with E-state index in [1.807, 2.05) is 36.4 Å². The van der Waals surface area contributed by atoms with Crippen molar-refractivity contribution in [2.24, 2.45) is 0 Å². The van der Waals surface area contributed by atoms with Gasteiger partial charge in [-0.15, -0.1) is 10.2 Å². The van der Waals surface area contributed by atoms with Crippen molar-refractivity contribution in [1.82, 2.24) is 10.2 Å². The lowest BCUT2D eigenvalue weighted by atomic mass is 10.0. The van der Waals surface area contributed by atoms with Crippen molar-refractivity contribution in [3.05, 3.63) is 60.0 Å². The smallest absolute Gasteiger partial charge is 0.313 e. The molecular weight excluding hydrogens is 318 g/mol. The van der Waals surface area contributed by atoms with Crippen molar-refractivity contribution in [3.63, 3.8) is 0 Å². The molecule has 2 aromatic carbocycles. The fourth-order valence-electron chi connectivity index (χ4n) is 2.38. The van der Waals surface area contributed by atoms with Crippen LogP contribution in [0.4, 0.5) is 5.69 Å². The molecule has 0 radical (unpaired) electrons. The van der Waals surface area contributed by atoms with E-state index in [2.05, 4.69) is 29.4 Å². The van der Waals surface area contributed by atoms with Gasteiger partial charge in [-0.3, -0.25) is 4.79 Å². The fraction of sp³-hybridized carbons (Fsp3) is 0.211. The van der Waals surface area contributed by atoms with Gasteiger partial charge in [-0.25, -0.2) is 0 Å². The van der Waals surface area contributed by atoms with Gasteiger partial charge in [0.1, 0.15) is 5.75 Å². The van der Waals surface area contributed by atoms with Gasteiger partial charge < -0.3 is 14.5 Å². The van der Waals surface area contributed by atoms with Crippen LogP contribution in [0.3, 0.4) is 0 Å². The molecule has 0 spiro atoms. The summed E-state index contributed by atoms with van der Waals surface area (Å²) in [5.41, 5.74) is 2.51. The van der Waals surface area contributed by atoms with E-state index in [1.54, 1.807) is 19.2 Å². The highest BCUT2D eigenvalue weighted by atomic mass is 16.5. The number of amides is 1. The Hall–Kier alpha value is -3.15. The third-order valence-corrected chi connectivity index (χ3v) is 3.79. The lowest BCUT2D eigenvalue weighted by Gasteiger charge is -2.07. The zero-order valence-electron chi connectivity index (χ0n) is 14.3. The van der Waals surface area contributed by atoms with Crippen molar-refractivity contribution >= 4 is 11.6 Å². The fourth-order valence-corrected chi connectivity index (χ4v) is 2.38. The molecule has 0 unspecified atom stereocenters. The summed E-state index contributed by atoms with van der Waals surface area (Å²) in [5.74, 6) is 0.712. The number of hydrogen-bond donors (Lipinski definition) is 1. The molecule has 1 aromatic heterocycles. The Balaban J connectivity index is 1.76. The first-order chi connectivity index (χ1) is 12.1. The van der Waals surface area contributed by atoms with Crippen LogP contribution < -0.4 is 10.1 Å². The van der Waals surface area contributed by atoms with E-state index in [4.69, 9.17) is 9.15 Å². The van der Waals surface area contributed by atoms with Crippen LogP contribution in [0.1, 0.15) is 36.0 Å². The molecule has 25 heavy (non-hydrogen) atoms. The highest BCUT2D eigenvalue weighted by molar-refractivity contribution is 6.00. The second-order valence-corrected chi connectivity index (χ2v) is 5.84. The van der Waals surface area contributed by atoms with Crippen LogP contribution in [-0.4, -0.2) is 23.2 Å². The molecule has 128 valence electrons. The van der Waals surface area contributed by atoms with Crippen LogP contribution >= 0.6 is 0 Å². The van der Waals surface area contributed by atoms with Crippen LogP contribution in [0.5, 0.6) is 5.75 Å². The summed E-state index contributed by atoms with van der Waals surface area (Å²) in [5, 5.41) is 10.5. The Morgan fingerprint density at radius 2 is 1.80 bits per heavy atom. The Morgan fingerprint density at radius 3 is 2.48 bits per heavy atom. The highest BCUT2D eigenvalue weighted by Gasteiger charge is 2.18. The molecule has 3 rings (SSSR count). The monoisotopic (exact) mass is 337 g/mol. The molecular formula is C19H19N3O3. The largest absolute Gasteiger partial charge is 0.496 e. The number of nitrogens with zero attached hydrogens (tertiary/aromatic N) is 2. The molecule has 1 heterocycles. The van der Waals surface area contributed by atoms with Gasteiger partial charge in [-0.2, -0.15) is 0 Å². The van der Waals surface area contributed by atoms with Crippen molar-refractivity contribution < 1.29 is 13.9 Å². The molecule has 0 bridgehead atoms. The number of nitrogens with one attached hydrogen (secondary N) is 1. The van der Waals surface area contributed by atoms with Crippen LogP contribution in [-0.2, 0) is 0 Å². The Labute approximate surface area is 145 Å². The Kier molecular flexibility index (Phi) is 4.79. The first-order valence-electron chi connectivity index (χ1n) is 7.96. The Bertz CT molecular complexity index is 870. The number of aromatic nitrogens is 2. The number of hydrogen-bond acceptors (Lipinski definition) is 5. The number of ether oxygens (including phenoxy) is 1. The predicted molar refractivity (Wildman–Crippen MR) is 94.8 cm³/mol. The summed E-state index contributed by atoms with van der Waals surface area (Å²) < 4.78 is 10.8. The van der Waals surface area contributed by atoms with Gasteiger partial charge in [0, 0.05) is 5.69 Å². The molecule has 3 aromatic rings. The van der Waals surface area contributed by atoms with Crippen LogP contribution in [0.15, 0.2) is 52.9 Å². The number of methoxy groups -OCH3 is 1. The molecule has 0 aliphatic carbocycles. The summed E-state index contributed by atoms with van der Waals surface area (Å²) >= 11 is 0. The SMILES string of the molecule is COc1ccccc1-c1nnc(C(=O)Nc2ccc(C(C)C)cc2)o1. The molecule has 0 aliphatic heterocycles. The first kappa shape index (κ1) is 16.7. The number of para-hydroxylation sites is 1. The van der Waals surface area contributed by atoms with Gasteiger partial charge in [-0.05, 0) is 35.7 Å². The lowest BCUT2D eigenvalue weighted by Crippen LogP contribution is -2.12. The predicted octanol–water partition coefficient (Wildman–Crippen LogP) is 4.12. The minimum Gasteiger partial charge on any atom is -0.496 e. The minimum absolute atomic E-state index is 0.103. The number of benzene rings is 2. The maximum absolute atomic E-state index is 12.3. The number of carbonyl (C=O) groups excluding carboxylic acids is 1. The van der Waals surface area contributed by atoms with Crippen LogP contribution in [0.25, 0.3) is 11.5 Å². The summed E-state index contributed by atoms with van der Waals surface area (Å²) in [6.07, 6.45) is 0. The van der Waals surface area contributed by atoms with Crippen LogP contribution in [0.2, 0.25) is 0 Å².